The van der Waals surface area contributed by atoms with E-state index in [9.17, 15) is 4.79 Å². The molecule has 1 aliphatic rings. The molecule has 0 N–H and O–H groups in total. The molecule has 1 amide bonds. The van der Waals surface area contributed by atoms with Gasteiger partial charge in [-0.3, -0.25) is 9.78 Å². The van der Waals surface area contributed by atoms with Crippen LogP contribution in [0.15, 0.2) is 103 Å². The van der Waals surface area contributed by atoms with Crippen molar-refractivity contribution in [3.05, 3.63) is 120 Å². The fourth-order valence-electron chi connectivity index (χ4n) is 4.47. The Balaban J connectivity index is 1.41. The number of benzene rings is 3. The zero-order valence-corrected chi connectivity index (χ0v) is 17.3. The van der Waals surface area contributed by atoms with Crippen molar-refractivity contribution < 1.29 is 4.79 Å². The van der Waals surface area contributed by atoms with Crippen LogP contribution in [0.1, 0.15) is 29.0 Å². The molecule has 0 saturated heterocycles. The number of anilines is 1. The first-order valence-corrected chi connectivity index (χ1v) is 10.7. The maximum atomic E-state index is 13.4. The van der Waals surface area contributed by atoms with Gasteiger partial charge in [-0.05, 0) is 58.5 Å². The van der Waals surface area contributed by atoms with Crippen LogP contribution in [0.3, 0.4) is 0 Å². The lowest BCUT2D eigenvalue weighted by Crippen LogP contribution is -2.30. The van der Waals surface area contributed by atoms with Crippen LogP contribution in [0.25, 0.3) is 11.1 Å². The lowest BCUT2D eigenvalue weighted by molar-refractivity contribution is -0.118. The van der Waals surface area contributed by atoms with Crippen molar-refractivity contribution in [2.24, 2.45) is 0 Å². The Kier molecular flexibility index (Phi) is 5.32. The van der Waals surface area contributed by atoms with Crippen LogP contribution >= 0.6 is 0 Å². The Morgan fingerprint density at radius 1 is 0.806 bits per heavy atom. The first kappa shape index (κ1) is 19.3. The van der Waals surface area contributed by atoms with E-state index in [0.717, 1.165) is 24.2 Å². The molecular formula is C28H24N2O. The second kappa shape index (κ2) is 8.57. The number of hydrogen-bond acceptors (Lipinski definition) is 2. The molecule has 4 aromatic rings. The van der Waals surface area contributed by atoms with Crippen LogP contribution in [-0.2, 0) is 11.2 Å². The van der Waals surface area contributed by atoms with Crippen LogP contribution in [0.2, 0.25) is 0 Å². The first-order chi connectivity index (χ1) is 15.3. The van der Waals surface area contributed by atoms with Crippen molar-refractivity contribution in [3.63, 3.8) is 0 Å². The van der Waals surface area contributed by atoms with Crippen molar-refractivity contribution >= 4 is 11.6 Å². The molecule has 0 spiro atoms. The summed E-state index contributed by atoms with van der Waals surface area (Å²) < 4.78 is 0. The molecule has 0 bridgehead atoms. The lowest BCUT2D eigenvalue weighted by Gasteiger charge is -2.23. The molecule has 3 heteroatoms. The zero-order valence-electron chi connectivity index (χ0n) is 17.3. The van der Waals surface area contributed by atoms with Gasteiger partial charge in [-0.1, -0.05) is 66.7 Å². The van der Waals surface area contributed by atoms with Gasteiger partial charge in [-0.2, -0.15) is 0 Å². The van der Waals surface area contributed by atoms with E-state index in [4.69, 9.17) is 0 Å². The predicted octanol–water partition coefficient (Wildman–Crippen LogP) is 5.86. The standard InChI is InChI=1S/C28H24N2O/c31-28(20-26(22-7-3-1-4-8-22)23-9-5-2-6-10-23)30-18-15-25-19-24(11-12-27(25)30)21-13-16-29-17-14-21/h1-14,16-17,19,26H,15,18,20H2. The molecule has 0 fully saturated rings. The summed E-state index contributed by atoms with van der Waals surface area (Å²) in [6.45, 7) is 0.740. The molecular weight excluding hydrogens is 380 g/mol. The highest BCUT2D eigenvalue weighted by molar-refractivity contribution is 5.96. The van der Waals surface area contributed by atoms with Crippen LogP contribution in [0.4, 0.5) is 5.69 Å². The van der Waals surface area contributed by atoms with Crippen molar-refractivity contribution in [2.75, 3.05) is 11.4 Å². The average Bonchev–Trinajstić information content (AvgIpc) is 3.27. The highest BCUT2D eigenvalue weighted by atomic mass is 16.2. The third-order valence-electron chi connectivity index (χ3n) is 6.07. The smallest absolute Gasteiger partial charge is 0.227 e. The summed E-state index contributed by atoms with van der Waals surface area (Å²) in [6, 6.07) is 31.1. The molecule has 0 aliphatic carbocycles. The van der Waals surface area contributed by atoms with E-state index in [1.54, 1.807) is 0 Å². The topological polar surface area (TPSA) is 33.2 Å². The quantitative estimate of drug-likeness (QED) is 0.417. The third-order valence-corrected chi connectivity index (χ3v) is 6.07. The molecule has 152 valence electrons. The third kappa shape index (κ3) is 3.99. The molecule has 0 radical (unpaired) electrons. The highest BCUT2D eigenvalue weighted by Crippen LogP contribution is 2.35. The maximum Gasteiger partial charge on any atom is 0.227 e. The summed E-state index contributed by atoms with van der Waals surface area (Å²) in [5.41, 5.74) is 6.95. The minimum atomic E-state index is 0.0510. The molecule has 1 aromatic heterocycles. The molecule has 0 atom stereocenters. The van der Waals surface area contributed by atoms with E-state index in [0.29, 0.717) is 6.42 Å². The van der Waals surface area contributed by atoms with Gasteiger partial charge in [0.2, 0.25) is 5.91 Å². The van der Waals surface area contributed by atoms with Crippen molar-refractivity contribution in [1.82, 2.24) is 4.98 Å². The number of amides is 1. The first-order valence-electron chi connectivity index (χ1n) is 10.7. The van der Waals surface area contributed by atoms with Gasteiger partial charge in [-0.25, -0.2) is 0 Å². The maximum absolute atomic E-state index is 13.4. The van der Waals surface area contributed by atoms with Gasteiger partial charge < -0.3 is 4.90 Å². The van der Waals surface area contributed by atoms with Crippen LogP contribution in [-0.4, -0.2) is 17.4 Å². The van der Waals surface area contributed by atoms with Crippen LogP contribution in [0, 0.1) is 0 Å². The van der Waals surface area contributed by atoms with Gasteiger partial charge in [0.15, 0.2) is 0 Å². The largest absolute Gasteiger partial charge is 0.312 e. The van der Waals surface area contributed by atoms with E-state index in [1.807, 2.05) is 65.8 Å². The second-order valence-corrected chi connectivity index (χ2v) is 7.95. The number of carbonyl (C=O) groups excluding carboxylic acids is 1. The van der Waals surface area contributed by atoms with Gasteiger partial charge in [0.05, 0.1) is 0 Å². The van der Waals surface area contributed by atoms with Gasteiger partial charge in [0, 0.05) is 37.0 Å². The summed E-state index contributed by atoms with van der Waals surface area (Å²) in [5.74, 6) is 0.225. The summed E-state index contributed by atoms with van der Waals surface area (Å²) in [4.78, 5) is 19.5. The molecule has 31 heavy (non-hydrogen) atoms. The molecule has 0 unspecified atom stereocenters. The number of nitrogens with zero attached hydrogens (tertiary/aromatic N) is 2. The normalized spacial score (nSPS) is 12.7. The molecule has 5 rings (SSSR count). The number of rotatable bonds is 5. The molecule has 1 aliphatic heterocycles. The number of pyridine rings is 1. The lowest BCUT2D eigenvalue weighted by atomic mass is 9.88. The van der Waals surface area contributed by atoms with Crippen molar-refractivity contribution in [1.29, 1.82) is 0 Å². The number of hydrogen-bond donors (Lipinski definition) is 0. The predicted molar refractivity (Wildman–Crippen MR) is 125 cm³/mol. The zero-order chi connectivity index (χ0) is 21.0. The highest BCUT2D eigenvalue weighted by Gasteiger charge is 2.28. The van der Waals surface area contributed by atoms with E-state index >= 15 is 0 Å². The van der Waals surface area contributed by atoms with Gasteiger partial charge in [0.25, 0.3) is 0 Å². The summed E-state index contributed by atoms with van der Waals surface area (Å²) in [5, 5.41) is 0. The van der Waals surface area contributed by atoms with Gasteiger partial charge in [-0.15, -0.1) is 0 Å². The Morgan fingerprint density at radius 3 is 2.10 bits per heavy atom. The minimum Gasteiger partial charge on any atom is -0.312 e. The Bertz CT molecular complexity index is 1130. The fourth-order valence-corrected chi connectivity index (χ4v) is 4.47. The summed E-state index contributed by atoms with van der Waals surface area (Å²) in [6.07, 6.45) is 4.97. The van der Waals surface area contributed by atoms with Crippen molar-refractivity contribution in [3.8, 4) is 11.1 Å². The van der Waals surface area contributed by atoms with E-state index in [-0.39, 0.29) is 11.8 Å². The van der Waals surface area contributed by atoms with E-state index in [1.165, 1.54) is 22.3 Å². The number of aromatic nitrogens is 1. The van der Waals surface area contributed by atoms with Crippen molar-refractivity contribution in [2.45, 2.75) is 18.8 Å². The second-order valence-electron chi connectivity index (χ2n) is 7.95. The fraction of sp³-hybridized carbons (Fsp3) is 0.143. The molecule has 3 aromatic carbocycles. The van der Waals surface area contributed by atoms with E-state index in [2.05, 4.69) is 47.4 Å². The molecule has 2 heterocycles. The SMILES string of the molecule is O=C(CC(c1ccccc1)c1ccccc1)N1CCc2cc(-c3ccncc3)ccc21. The number of fused-ring (bicyclic) bond motifs is 1. The van der Waals surface area contributed by atoms with Crippen LogP contribution in [0.5, 0.6) is 0 Å². The molecule has 3 nitrogen and oxygen atoms in total. The summed E-state index contributed by atoms with van der Waals surface area (Å²) >= 11 is 0. The van der Waals surface area contributed by atoms with Gasteiger partial charge in [0.1, 0.15) is 0 Å². The van der Waals surface area contributed by atoms with Gasteiger partial charge >= 0.3 is 0 Å². The minimum absolute atomic E-state index is 0.0510. The summed E-state index contributed by atoms with van der Waals surface area (Å²) in [7, 11) is 0. The Morgan fingerprint density at radius 2 is 1.45 bits per heavy atom. The Labute approximate surface area is 183 Å². The van der Waals surface area contributed by atoms with E-state index < -0.39 is 0 Å². The molecule has 0 saturated carbocycles. The number of carbonyl (C=O) groups is 1. The average molecular weight is 405 g/mol. The van der Waals surface area contributed by atoms with Crippen LogP contribution < -0.4 is 4.90 Å². The monoisotopic (exact) mass is 404 g/mol. The Hall–Kier alpha value is -3.72.